The van der Waals surface area contributed by atoms with Crippen LogP contribution in [0.1, 0.15) is 18.4 Å². The minimum atomic E-state index is -0.188. The zero-order chi connectivity index (χ0) is 17.8. The first-order valence-electron chi connectivity index (χ1n) is 9.21. The number of hydrogen-bond donors (Lipinski definition) is 1. The first-order chi connectivity index (χ1) is 12.8. The van der Waals surface area contributed by atoms with Crippen molar-refractivity contribution in [1.29, 1.82) is 0 Å². The van der Waals surface area contributed by atoms with Crippen LogP contribution in [0.15, 0.2) is 30.6 Å². The maximum atomic E-state index is 14.5. The van der Waals surface area contributed by atoms with Gasteiger partial charge in [-0.2, -0.15) is 0 Å². The molecule has 7 heteroatoms. The Morgan fingerprint density at radius 3 is 2.58 bits per heavy atom. The lowest BCUT2D eigenvalue weighted by Crippen LogP contribution is -2.36. The number of benzene rings is 1. The molecule has 4 rings (SSSR count). The summed E-state index contributed by atoms with van der Waals surface area (Å²) in [6.45, 7) is 5.38. The number of nitrogens with one attached hydrogen (secondary N) is 1. The van der Waals surface area contributed by atoms with Crippen LogP contribution in [0.4, 0.5) is 21.7 Å². The maximum absolute atomic E-state index is 14.5. The van der Waals surface area contributed by atoms with Crippen LogP contribution in [0.25, 0.3) is 0 Å². The van der Waals surface area contributed by atoms with E-state index in [-0.39, 0.29) is 5.82 Å². The summed E-state index contributed by atoms with van der Waals surface area (Å²) >= 11 is 0. The molecular weight excluding hydrogens is 333 g/mol. The van der Waals surface area contributed by atoms with Crippen LogP contribution in [0.2, 0.25) is 0 Å². The second kappa shape index (κ2) is 7.86. The molecule has 0 radical (unpaired) electrons. The van der Waals surface area contributed by atoms with Crippen molar-refractivity contribution in [3.05, 3.63) is 42.0 Å². The van der Waals surface area contributed by atoms with Crippen LogP contribution in [0.3, 0.4) is 0 Å². The third-order valence-corrected chi connectivity index (χ3v) is 4.92. The summed E-state index contributed by atoms with van der Waals surface area (Å²) in [7, 11) is 0. The van der Waals surface area contributed by atoms with E-state index >= 15 is 0 Å². The van der Waals surface area contributed by atoms with E-state index in [9.17, 15) is 4.39 Å². The van der Waals surface area contributed by atoms with Gasteiger partial charge in [0, 0.05) is 38.8 Å². The second-order valence-corrected chi connectivity index (χ2v) is 6.69. The zero-order valence-electron chi connectivity index (χ0n) is 14.8. The Hall–Kier alpha value is -2.41. The van der Waals surface area contributed by atoms with Crippen molar-refractivity contribution in [2.45, 2.75) is 19.4 Å². The van der Waals surface area contributed by atoms with E-state index in [1.165, 1.54) is 12.8 Å². The van der Waals surface area contributed by atoms with Crippen LogP contribution in [-0.2, 0) is 11.3 Å². The molecule has 6 nitrogen and oxygen atoms in total. The Labute approximate surface area is 153 Å². The lowest BCUT2D eigenvalue weighted by molar-refractivity contribution is 0.122. The monoisotopic (exact) mass is 357 g/mol. The van der Waals surface area contributed by atoms with E-state index < -0.39 is 0 Å². The van der Waals surface area contributed by atoms with Crippen molar-refractivity contribution in [2.24, 2.45) is 0 Å². The van der Waals surface area contributed by atoms with Gasteiger partial charge in [-0.05, 0) is 30.5 Å². The smallest absolute Gasteiger partial charge is 0.146 e. The molecule has 0 saturated carbocycles. The summed E-state index contributed by atoms with van der Waals surface area (Å²) in [4.78, 5) is 12.9. The highest BCUT2D eigenvalue weighted by atomic mass is 19.1. The molecule has 138 valence electrons. The van der Waals surface area contributed by atoms with Crippen molar-refractivity contribution in [3.63, 3.8) is 0 Å². The predicted octanol–water partition coefficient (Wildman–Crippen LogP) is 2.66. The molecule has 0 bridgehead atoms. The number of halogens is 1. The average molecular weight is 357 g/mol. The molecule has 26 heavy (non-hydrogen) atoms. The van der Waals surface area contributed by atoms with Gasteiger partial charge in [0.25, 0.3) is 0 Å². The summed E-state index contributed by atoms with van der Waals surface area (Å²) in [5.74, 6) is 1.53. The molecule has 2 aliphatic rings. The molecule has 0 atom stereocenters. The van der Waals surface area contributed by atoms with Crippen molar-refractivity contribution in [2.75, 3.05) is 54.5 Å². The molecule has 0 aliphatic carbocycles. The SMILES string of the molecule is Fc1cc(CNc2cc(N3CCCC3)ncn2)ccc1N1CCOCC1. The van der Waals surface area contributed by atoms with E-state index in [0.717, 1.165) is 43.4 Å². The highest BCUT2D eigenvalue weighted by Gasteiger charge is 2.16. The van der Waals surface area contributed by atoms with E-state index in [1.54, 1.807) is 12.4 Å². The standard InChI is InChI=1S/C19H24FN5O/c20-16-11-15(3-4-17(16)24-7-9-26-10-8-24)13-21-18-12-19(23-14-22-18)25-5-1-2-6-25/h3-4,11-12,14H,1-2,5-10,13H2,(H,21,22,23). The van der Waals surface area contributed by atoms with E-state index in [4.69, 9.17) is 4.74 Å². The highest BCUT2D eigenvalue weighted by molar-refractivity contribution is 5.51. The molecule has 0 amide bonds. The predicted molar refractivity (Wildman–Crippen MR) is 100 cm³/mol. The summed E-state index contributed by atoms with van der Waals surface area (Å²) < 4.78 is 19.8. The van der Waals surface area contributed by atoms with Gasteiger partial charge in [0.05, 0.1) is 18.9 Å². The largest absolute Gasteiger partial charge is 0.378 e. The number of anilines is 3. The van der Waals surface area contributed by atoms with Crippen LogP contribution in [-0.4, -0.2) is 49.4 Å². The average Bonchev–Trinajstić information content (AvgIpc) is 3.22. The third-order valence-electron chi connectivity index (χ3n) is 4.92. The maximum Gasteiger partial charge on any atom is 0.146 e. The van der Waals surface area contributed by atoms with Gasteiger partial charge in [0.1, 0.15) is 23.8 Å². The lowest BCUT2D eigenvalue weighted by Gasteiger charge is -2.29. The van der Waals surface area contributed by atoms with Crippen molar-refractivity contribution >= 4 is 17.3 Å². The fourth-order valence-corrected chi connectivity index (χ4v) is 3.48. The van der Waals surface area contributed by atoms with Crippen molar-refractivity contribution < 1.29 is 9.13 Å². The molecule has 3 heterocycles. The van der Waals surface area contributed by atoms with Crippen LogP contribution < -0.4 is 15.1 Å². The Kier molecular flexibility index (Phi) is 5.15. The number of nitrogens with zero attached hydrogens (tertiary/aromatic N) is 4. The van der Waals surface area contributed by atoms with Crippen molar-refractivity contribution in [1.82, 2.24) is 9.97 Å². The first kappa shape index (κ1) is 17.0. The fraction of sp³-hybridized carbons (Fsp3) is 0.474. The van der Waals surface area contributed by atoms with Gasteiger partial charge in [-0.1, -0.05) is 6.07 Å². The van der Waals surface area contributed by atoms with Crippen LogP contribution in [0, 0.1) is 5.82 Å². The molecule has 0 unspecified atom stereocenters. The summed E-state index contributed by atoms with van der Waals surface area (Å²) in [6.07, 6.45) is 4.00. The Morgan fingerprint density at radius 1 is 1.00 bits per heavy atom. The Morgan fingerprint density at radius 2 is 1.81 bits per heavy atom. The summed E-state index contributed by atoms with van der Waals surface area (Å²) in [6, 6.07) is 7.38. The van der Waals surface area contributed by atoms with Gasteiger partial charge in [0.15, 0.2) is 0 Å². The molecule has 2 aliphatic heterocycles. The molecule has 0 spiro atoms. The van der Waals surface area contributed by atoms with Gasteiger partial charge in [-0.25, -0.2) is 14.4 Å². The first-order valence-corrected chi connectivity index (χ1v) is 9.21. The van der Waals surface area contributed by atoms with Gasteiger partial charge in [-0.15, -0.1) is 0 Å². The van der Waals surface area contributed by atoms with Gasteiger partial charge in [-0.3, -0.25) is 0 Å². The topological polar surface area (TPSA) is 53.5 Å². The molecule has 1 aromatic carbocycles. The number of ether oxygens (including phenoxy) is 1. The Bertz CT molecular complexity index is 744. The number of morpholine rings is 1. The number of hydrogen-bond acceptors (Lipinski definition) is 6. The molecule has 1 aromatic heterocycles. The number of rotatable bonds is 5. The fourth-order valence-electron chi connectivity index (χ4n) is 3.48. The Balaban J connectivity index is 1.40. The molecule has 2 fully saturated rings. The highest BCUT2D eigenvalue weighted by Crippen LogP contribution is 2.23. The lowest BCUT2D eigenvalue weighted by atomic mass is 10.1. The van der Waals surface area contributed by atoms with E-state index in [0.29, 0.717) is 25.4 Å². The normalized spacial score (nSPS) is 17.6. The van der Waals surface area contributed by atoms with Gasteiger partial charge >= 0.3 is 0 Å². The second-order valence-electron chi connectivity index (χ2n) is 6.69. The quantitative estimate of drug-likeness (QED) is 0.888. The minimum Gasteiger partial charge on any atom is -0.378 e. The van der Waals surface area contributed by atoms with E-state index in [2.05, 4.69) is 20.2 Å². The van der Waals surface area contributed by atoms with Crippen LogP contribution >= 0.6 is 0 Å². The molecule has 2 saturated heterocycles. The van der Waals surface area contributed by atoms with Gasteiger partial charge in [0.2, 0.25) is 0 Å². The summed E-state index contributed by atoms with van der Waals surface area (Å²) in [5.41, 5.74) is 1.54. The van der Waals surface area contributed by atoms with Crippen molar-refractivity contribution in [3.8, 4) is 0 Å². The summed E-state index contributed by atoms with van der Waals surface area (Å²) in [5, 5.41) is 3.27. The van der Waals surface area contributed by atoms with Gasteiger partial charge < -0.3 is 19.9 Å². The molecule has 2 aromatic rings. The molecular formula is C19H24FN5O. The zero-order valence-corrected chi connectivity index (χ0v) is 14.8. The van der Waals surface area contributed by atoms with Crippen LogP contribution in [0.5, 0.6) is 0 Å². The third kappa shape index (κ3) is 3.88. The number of aromatic nitrogens is 2. The van der Waals surface area contributed by atoms with E-state index in [1.807, 2.05) is 23.1 Å². The molecule has 1 N–H and O–H groups in total. The minimum absolute atomic E-state index is 0.188.